The van der Waals surface area contributed by atoms with Crippen LogP contribution in [0.15, 0.2) is 24.3 Å². The molecule has 0 atom stereocenters. The van der Waals surface area contributed by atoms with E-state index in [4.69, 9.17) is 4.74 Å². The van der Waals surface area contributed by atoms with Gasteiger partial charge in [-0.1, -0.05) is 19.1 Å². The van der Waals surface area contributed by atoms with Gasteiger partial charge in [0, 0.05) is 38.9 Å². The van der Waals surface area contributed by atoms with Crippen molar-refractivity contribution in [2.24, 2.45) is 0 Å². The van der Waals surface area contributed by atoms with Crippen LogP contribution >= 0.6 is 0 Å². The van der Waals surface area contributed by atoms with Crippen molar-refractivity contribution >= 4 is 11.8 Å². The molecule has 1 aliphatic heterocycles. The summed E-state index contributed by atoms with van der Waals surface area (Å²) < 4.78 is 4.85. The molecule has 2 amide bonds. The number of benzene rings is 1. The van der Waals surface area contributed by atoms with E-state index in [9.17, 15) is 9.59 Å². The zero-order chi connectivity index (χ0) is 15.2. The highest BCUT2D eigenvalue weighted by Gasteiger charge is 2.24. The molecule has 5 heteroatoms. The van der Waals surface area contributed by atoms with Crippen molar-refractivity contribution in [1.82, 2.24) is 9.80 Å². The first-order chi connectivity index (χ1) is 10.2. The van der Waals surface area contributed by atoms with Crippen LogP contribution in [-0.4, -0.2) is 61.5 Å². The van der Waals surface area contributed by atoms with Gasteiger partial charge in [0.2, 0.25) is 5.91 Å². The Balaban J connectivity index is 1.92. The minimum absolute atomic E-state index is 0.0168. The van der Waals surface area contributed by atoms with Gasteiger partial charge in [0.25, 0.3) is 5.91 Å². The maximum Gasteiger partial charge on any atom is 0.253 e. The molecular formula is C16H22N2O3. The number of carbonyl (C=O) groups excluding carboxylic acids is 2. The molecule has 1 fully saturated rings. The second-order valence-electron chi connectivity index (χ2n) is 5.16. The molecule has 5 nitrogen and oxygen atoms in total. The van der Waals surface area contributed by atoms with Crippen LogP contribution < -0.4 is 0 Å². The zero-order valence-corrected chi connectivity index (χ0v) is 12.7. The minimum atomic E-state index is -0.0168. The molecule has 0 bridgehead atoms. The molecule has 0 radical (unpaired) electrons. The van der Waals surface area contributed by atoms with Crippen LogP contribution in [0.25, 0.3) is 0 Å². The molecule has 0 unspecified atom stereocenters. The molecule has 2 rings (SSSR count). The number of carbonyl (C=O) groups is 2. The van der Waals surface area contributed by atoms with Gasteiger partial charge < -0.3 is 14.5 Å². The van der Waals surface area contributed by atoms with Crippen molar-refractivity contribution in [2.45, 2.75) is 13.3 Å². The Hall–Kier alpha value is -1.88. The monoisotopic (exact) mass is 290 g/mol. The Morgan fingerprint density at radius 1 is 1.05 bits per heavy atom. The Labute approximate surface area is 125 Å². The van der Waals surface area contributed by atoms with E-state index in [-0.39, 0.29) is 18.4 Å². The van der Waals surface area contributed by atoms with E-state index in [1.54, 1.807) is 9.80 Å². The molecule has 0 aromatic heterocycles. The zero-order valence-electron chi connectivity index (χ0n) is 12.7. The molecule has 1 aliphatic rings. The quantitative estimate of drug-likeness (QED) is 0.836. The average molecular weight is 290 g/mol. The third kappa shape index (κ3) is 3.82. The number of piperazine rings is 1. The number of hydrogen-bond donors (Lipinski definition) is 0. The molecule has 1 aromatic rings. The highest BCUT2D eigenvalue weighted by molar-refractivity contribution is 5.94. The maximum absolute atomic E-state index is 12.4. The van der Waals surface area contributed by atoms with Crippen LogP contribution in [0.1, 0.15) is 22.8 Å². The van der Waals surface area contributed by atoms with Gasteiger partial charge in [0.15, 0.2) is 0 Å². The van der Waals surface area contributed by atoms with Crippen LogP contribution in [-0.2, 0) is 16.0 Å². The molecule has 0 saturated carbocycles. The smallest absolute Gasteiger partial charge is 0.253 e. The summed E-state index contributed by atoms with van der Waals surface area (Å²) in [6.07, 6.45) is 0.967. The maximum atomic E-state index is 12.4. The van der Waals surface area contributed by atoms with E-state index in [1.807, 2.05) is 24.3 Å². The fourth-order valence-electron chi connectivity index (χ4n) is 2.44. The van der Waals surface area contributed by atoms with Gasteiger partial charge >= 0.3 is 0 Å². The van der Waals surface area contributed by atoms with Crippen LogP contribution in [0.5, 0.6) is 0 Å². The predicted molar refractivity (Wildman–Crippen MR) is 80.2 cm³/mol. The number of methoxy groups -OCH3 is 1. The van der Waals surface area contributed by atoms with E-state index in [1.165, 1.54) is 12.7 Å². The topological polar surface area (TPSA) is 49.9 Å². The van der Waals surface area contributed by atoms with Crippen molar-refractivity contribution in [1.29, 1.82) is 0 Å². The molecule has 0 spiro atoms. The highest BCUT2D eigenvalue weighted by atomic mass is 16.5. The van der Waals surface area contributed by atoms with E-state index >= 15 is 0 Å². The lowest BCUT2D eigenvalue weighted by atomic mass is 10.1. The minimum Gasteiger partial charge on any atom is -0.375 e. The van der Waals surface area contributed by atoms with Crippen LogP contribution in [0.2, 0.25) is 0 Å². The van der Waals surface area contributed by atoms with Gasteiger partial charge in [0.1, 0.15) is 6.61 Å². The van der Waals surface area contributed by atoms with Gasteiger partial charge in [-0.25, -0.2) is 0 Å². The Morgan fingerprint density at radius 2 is 1.62 bits per heavy atom. The number of hydrogen-bond acceptors (Lipinski definition) is 3. The predicted octanol–water partition coefficient (Wildman–Crippen LogP) is 1.18. The van der Waals surface area contributed by atoms with Gasteiger partial charge in [-0.15, -0.1) is 0 Å². The highest BCUT2D eigenvalue weighted by Crippen LogP contribution is 2.11. The largest absolute Gasteiger partial charge is 0.375 e. The second kappa shape index (κ2) is 7.22. The number of nitrogens with zero attached hydrogens (tertiary/aromatic N) is 2. The fraction of sp³-hybridized carbons (Fsp3) is 0.500. The summed E-state index contributed by atoms with van der Waals surface area (Å²) in [6.45, 7) is 4.48. The van der Waals surface area contributed by atoms with Gasteiger partial charge in [0.05, 0.1) is 0 Å². The number of amides is 2. The summed E-state index contributed by atoms with van der Waals surface area (Å²) in [5.74, 6) is 0.0217. The summed E-state index contributed by atoms with van der Waals surface area (Å²) in [5, 5.41) is 0. The van der Waals surface area contributed by atoms with Crippen molar-refractivity contribution in [2.75, 3.05) is 39.9 Å². The standard InChI is InChI=1S/C16H22N2O3/c1-3-13-4-6-14(7-5-13)16(20)18-10-8-17(9-11-18)15(19)12-21-2/h4-7H,3,8-12H2,1-2H3. The molecule has 1 heterocycles. The van der Waals surface area contributed by atoms with E-state index in [2.05, 4.69) is 6.92 Å². The molecule has 21 heavy (non-hydrogen) atoms. The lowest BCUT2D eigenvalue weighted by Crippen LogP contribution is -2.51. The van der Waals surface area contributed by atoms with Crippen LogP contribution in [0.4, 0.5) is 0 Å². The van der Waals surface area contributed by atoms with Gasteiger partial charge in [-0.3, -0.25) is 9.59 Å². The van der Waals surface area contributed by atoms with Crippen LogP contribution in [0, 0.1) is 0 Å². The normalized spacial score (nSPS) is 15.1. The third-order valence-electron chi connectivity index (χ3n) is 3.80. The molecule has 0 aliphatic carbocycles. The van der Waals surface area contributed by atoms with Crippen LogP contribution in [0.3, 0.4) is 0 Å². The molecule has 1 saturated heterocycles. The average Bonchev–Trinajstić information content (AvgIpc) is 2.54. The summed E-state index contributed by atoms with van der Waals surface area (Å²) >= 11 is 0. The molecular weight excluding hydrogens is 268 g/mol. The first-order valence-electron chi connectivity index (χ1n) is 7.30. The first-order valence-corrected chi connectivity index (χ1v) is 7.30. The lowest BCUT2D eigenvalue weighted by molar-refractivity contribution is -0.136. The Kier molecular flexibility index (Phi) is 5.33. The second-order valence-corrected chi connectivity index (χ2v) is 5.16. The summed E-state index contributed by atoms with van der Waals surface area (Å²) in [5.41, 5.74) is 1.94. The summed E-state index contributed by atoms with van der Waals surface area (Å²) in [4.78, 5) is 27.7. The Bertz CT molecular complexity index is 491. The number of rotatable bonds is 4. The van der Waals surface area contributed by atoms with E-state index in [0.717, 1.165) is 6.42 Å². The molecule has 0 N–H and O–H groups in total. The SMILES string of the molecule is CCc1ccc(C(=O)N2CCN(C(=O)COC)CC2)cc1. The molecule has 114 valence electrons. The van der Waals surface area contributed by atoms with Crippen molar-refractivity contribution in [3.8, 4) is 0 Å². The molecule has 1 aromatic carbocycles. The third-order valence-corrected chi connectivity index (χ3v) is 3.80. The number of aryl methyl sites for hydroxylation is 1. The fourth-order valence-corrected chi connectivity index (χ4v) is 2.44. The lowest BCUT2D eigenvalue weighted by Gasteiger charge is -2.34. The van der Waals surface area contributed by atoms with E-state index < -0.39 is 0 Å². The van der Waals surface area contributed by atoms with Gasteiger partial charge in [-0.2, -0.15) is 0 Å². The van der Waals surface area contributed by atoms with Crippen molar-refractivity contribution in [3.05, 3.63) is 35.4 Å². The summed E-state index contributed by atoms with van der Waals surface area (Å²) in [6, 6.07) is 7.74. The number of ether oxygens (including phenoxy) is 1. The first kappa shape index (κ1) is 15.5. The summed E-state index contributed by atoms with van der Waals surface area (Å²) in [7, 11) is 1.51. The van der Waals surface area contributed by atoms with Gasteiger partial charge in [-0.05, 0) is 24.1 Å². The van der Waals surface area contributed by atoms with Crippen molar-refractivity contribution in [3.63, 3.8) is 0 Å². The van der Waals surface area contributed by atoms with E-state index in [0.29, 0.717) is 31.7 Å². The van der Waals surface area contributed by atoms with Crippen molar-refractivity contribution < 1.29 is 14.3 Å². The Morgan fingerprint density at radius 3 is 2.14 bits per heavy atom.